The first-order valence-corrected chi connectivity index (χ1v) is 12.5. The number of methoxy groups -OCH3 is 1. The van der Waals surface area contributed by atoms with Crippen LogP contribution < -0.4 is 15.0 Å². The number of nitrogens with one attached hydrogen (secondary N) is 1. The Kier molecular flexibility index (Phi) is 6.94. The van der Waals surface area contributed by atoms with Gasteiger partial charge in [0, 0.05) is 43.0 Å². The zero-order valence-electron chi connectivity index (χ0n) is 22.1. The average Bonchev–Trinajstić information content (AvgIpc) is 3.34. The first-order chi connectivity index (χ1) is 18.2. The molecular formula is C27H31FN8O2. The number of carbonyl (C=O) groups is 1. The monoisotopic (exact) mass is 518 g/mol. The van der Waals surface area contributed by atoms with E-state index in [2.05, 4.69) is 30.2 Å². The van der Waals surface area contributed by atoms with E-state index < -0.39 is 5.95 Å². The molecule has 0 radical (unpaired) electrons. The zero-order valence-corrected chi connectivity index (χ0v) is 22.1. The van der Waals surface area contributed by atoms with Crippen LogP contribution in [0.2, 0.25) is 0 Å². The van der Waals surface area contributed by atoms with Gasteiger partial charge in [0.25, 0.3) is 0 Å². The molecule has 10 nitrogen and oxygen atoms in total. The van der Waals surface area contributed by atoms with Crippen LogP contribution in [0.4, 0.5) is 21.7 Å². The van der Waals surface area contributed by atoms with Gasteiger partial charge in [0.15, 0.2) is 0 Å². The third-order valence-electron chi connectivity index (χ3n) is 6.86. The molecule has 4 aromatic rings. The molecule has 3 aromatic heterocycles. The molecule has 0 spiro atoms. The second kappa shape index (κ2) is 10.3. The van der Waals surface area contributed by atoms with E-state index in [1.54, 1.807) is 36.7 Å². The van der Waals surface area contributed by atoms with Gasteiger partial charge >= 0.3 is 0 Å². The summed E-state index contributed by atoms with van der Waals surface area (Å²) in [6.45, 7) is 4.66. The van der Waals surface area contributed by atoms with Crippen molar-refractivity contribution in [3.8, 4) is 17.1 Å². The third-order valence-corrected chi connectivity index (χ3v) is 6.86. The summed E-state index contributed by atoms with van der Waals surface area (Å²) in [5.74, 6) is 0.289. The quantitative estimate of drug-likeness (QED) is 0.359. The number of ether oxygens (including phenoxy) is 1. The molecule has 0 aliphatic carbocycles. The molecule has 1 aliphatic rings. The number of anilines is 3. The van der Waals surface area contributed by atoms with Gasteiger partial charge in [-0.05, 0) is 58.6 Å². The van der Waals surface area contributed by atoms with Gasteiger partial charge in [-0.15, -0.1) is 0 Å². The lowest BCUT2D eigenvalue weighted by Crippen LogP contribution is -2.45. The second-order valence-electron chi connectivity index (χ2n) is 9.84. The Labute approximate surface area is 220 Å². The fourth-order valence-corrected chi connectivity index (χ4v) is 4.70. The van der Waals surface area contributed by atoms with Gasteiger partial charge in [-0.1, -0.05) is 0 Å². The van der Waals surface area contributed by atoms with Gasteiger partial charge in [0.05, 0.1) is 36.0 Å². The van der Waals surface area contributed by atoms with Crippen molar-refractivity contribution in [2.75, 3.05) is 38.0 Å². The predicted molar refractivity (Wildman–Crippen MR) is 144 cm³/mol. The molecule has 0 bridgehead atoms. The second-order valence-corrected chi connectivity index (χ2v) is 9.84. The largest absolute Gasteiger partial charge is 0.494 e. The fraction of sp³-hybridized carbons (Fsp3) is 0.370. The van der Waals surface area contributed by atoms with E-state index in [1.165, 1.54) is 0 Å². The number of fused-ring (bicyclic) bond motifs is 1. The van der Waals surface area contributed by atoms with Gasteiger partial charge in [0.1, 0.15) is 11.3 Å². The summed E-state index contributed by atoms with van der Waals surface area (Å²) < 4.78 is 22.2. The van der Waals surface area contributed by atoms with Crippen LogP contribution in [0.15, 0.2) is 42.9 Å². The summed E-state index contributed by atoms with van der Waals surface area (Å²) in [4.78, 5) is 33.8. The van der Waals surface area contributed by atoms with Crippen molar-refractivity contribution in [2.24, 2.45) is 0 Å². The summed E-state index contributed by atoms with van der Waals surface area (Å²) >= 11 is 0. The topological polar surface area (TPSA) is 101 Å². The summed E-state index contributed by atoms with van der Waals surface area (Å²) in [7, 11) is 5.57. The summed E-state index contributed by atoms with van der Waals surface area (Å²) in [5.41, 5.74) is 3.13. The standard InChI is InChI=1S/C27H31FN8O2/c1-16(2)36-15-30-25-22(36)14-21(31-26(25)28)19-8-10-29-27(32-19)33-20-7-6-18(12-23(20)38-5)35-11-9-17(34(3)4)13-24(35)37/h6-8,10,12,14-17H,9,11,13H2,1-5H3,(H,29,32,33). The average molecular weight is 519 g/mol. The molecule has 0 saturated carbocycles. The first-order valence-electron chi connectivity index (χ1n) is 12.5. The summed E-state index contributed by atoms with van der Waals surface area (Å²) in [6.07, 6.45) is 4.59. The molecule has 1 N–H and O–H groups in total. The van der Waals surface area contributed by atoms with Crippen molar-refractivity contribution < 1.29 is 13.9 Å². The Morgan fingerprint density at radius 3 is 2.66 bits per heavy atom. The van der Waals surface area contributed by atoms with Crippen molar-refractivity contribution in [1.82, 2.24) is 29.4 Å². The highest BCUT2D eigenvalue weighted by Gasteiger charge is 2.28. The van der Waals surface area contributed by atoms with Crippen LogP contribution in [-0.2, 0) is 4.79 Å². The fourth-order valence-electron chi connectivity index (χ4n) is 4.70. The number of nitrogens with zero attached hydrogens (tertiary/aromatic N) is 7. The van der Waals surface area contributed by atoms with Gasteiger partial charge in [0.2, 0.25) is 17.8 Å². The van der Waals surface area contributed by atoms with Crippen molar-refractivity contribution in [2.45, 2.75) is 38.8 Å². The Hall–Kier alpha value is -4.12. The Bertz CT molecular complexity index is 1490. The van der Waals surface area contributed by atoms with Gasteiger partial charge < -0.3 is 24.4 Å². The Morgan fingerprint density at radius 2 is 1.95 bits per heavy atom. The molecule has 1 unspecified atom stereocenters. The number of pyridine rings is 1. The zero-order chi connectivity index (χ0) is 27.0. The van der Waals surface area contributed by atoms with Crippen molar-refractivity contribution in [3.63, 3.8) is 0 Å². The lowest BCUT2D eigenvalue weighted by molar-refractivity contribution is -0.120. The van der Waals surface area contributed by atoms with Crippen LogP contribution in [0.5, 0.6) is 5.75 Å². The van der Waals surface area contributed by atoms with E-state index in [4.69, 9.17) is 4.74 Å². The summed E-state index contributed by atoms with van der Waals surface area (Å²) in [5, 5.41) is 3.18. The maximum absolute atomic E-state index is 14.7. The van der Waals surface area contributed by atoms with E-state index in [0.29, 0.717) is 47.3 Å². The van der Waals surface area contributed by atoms with Crippen LogP contribution in [-0.4, -0.2) is 69.1 Å². The van der Waals surface area contributed by atoms with Crippen molar-refractivity contribution >= 4 is 34.3 Å². The minimum Gasteiger partial charge on any atom is -0.494 e. The molecule has 4 heterocycles. The molecule has 198 valence electrons. The number of imidazole rings is 1. The smallest absolute Gasteiger partial charge is 0.241 e. The lowest BCUT2D eigenvalue weighted by atomic mass is 10.0. The molecule has 38 heavy (non-hydrogen) atoms. The first kappa shape index (κ1) is 25.5. The van der Waals surface area contributed by atoms with Gasteiger partial charge in [-0.3, -0.25) is 4.79 Å². The maximum Gasteiger partial charge on any atom is 0.241 e. The van der Waals surface area contributed by atoms with Crippen molar-refractivity contribution in [1.29, 1.82) is 0 Å². The molecule has 1 amide bonds. The molecule has 1 aliphatic heterocycles. The third kappa shape index (κ3) is 4.89. The molecule has 5 rings (SSSR count). The molecular weight excluding hydrogens is 487 g/mol. The number of halogens is 1. The highest BCUT2D eigenvalue weighted by Crippen LogP contribution is 2.33. The maximum atomic E-state index is 14.7. The minimum absolute atomic E-state index is 0.0873. The highest BCUT2D eigenvalue weighted by molar-refractivity contribution is 5.95. The lowest BCUT2D eigenvalue weighted by Gasteiger charge is -2.35. The number of amides is 1. The van der Waals surface area contributed by atoms with E-state index >= 15 is 0 Å². The van der Waals surface area contributed by atoms with Crippen LogP contribution in [0.3, 0.4) is 0 Å². The van der Waals surface area contributed by atoms with Crippen molar-refractivity contribution in [3.05, 3.63) is 48.8 Å². The minimum atomic E-state index is -0.647. The highest BCUT2D eigenvalue weighted by atomic mass is 19.1. The molecule has 11 heteroatoms. The number of aromatic nitrogens is 5. The van der Waals surface area contributed by atoms with E-state index in [0.717, 1.165) is 12.1 Å². The summed E-state index contributed by atoms with van der Waals surface area (Å²) in [6, 6.07) is 9.36. The molecule has 1 aromatic carbocycles. The molecule has 1 saturated heterocycles. The number of benzene rings is 1. The van der Waals surface area contributed by atoms with Crippen LogP contribution in [0.1, 0.15) is 32.7 Å². The SMILES string of the molecule is COc1cc(N2CCC(N(C)C)CC2=O)ccc1Nc1nccc(-c2cc3c(ncn3C(C)C)c(F)n2)n1. The number of carbonyl (C=O) groups excluding carboxylic acids is 1. The van der Waals surface area contributed by atoms with E-state index in [9.17, 15) is 9.18 Å². The predicted octanol–water partition coefficient (Wildman–Crippen LogP) is 4.42. The number of piperidine rings is 1. The number of hydrogen-bond donors (Lipinski definition) is 1. The van der Waals surface area contributed by atoms with Crippen LogP contribution in [0.25, 0.3) is 22.4 Å². The van der Waals surface area contributed by atoms with Crippen LogP contribution >= 0.6 is 0 Å². The normalized spacial score (nSPS) is 16.1. The Balaban J connectivity index is 1.40. The van der Waals surface area contributed by atoms with Gasteiger partial charge in [-0.25, -0.2) is 19.9 Å². The van der Waals surface area contributed by atoms with E-state index in [1.807, 2.05) is 50.7 Å². The van der Waals surface area contributed by atoms with Crippen LogP contribution in [0, 0.1) is 5.95 Å². The molecule has 1 fully saturated rings. The van der Waals surface area contributed by atoms with Gasteiger partial charge in [-0.2, -0.15) is 4.39 Å². The molecule has 1 atom stereocenters. The number of rotatable bonds is 7. The Morgan fingerprint density at radius 1 is 1.13 bits per heavy atom. The van der Waals surface area contributed by atoms with E-state index in [-0.39, 0.29) is 23.5 Å². The number of hydrogen-bond acceptors (Lipinski definition) is 8.